The van der Waals surface area contributed by atoms with Crippen molar-refractivity contribution in [1.82, 2.24) is 0 Å². The van der Waals surface area contributed by atoms with Gasteiger partial charge in [0.2, 0.25) is 0 Å². The van der Waals surface area contributed by atoms with Crippen molar-refractivity contribution in [2.24, 2.45) is 5.92 Å². The highest BCUT2D eigenvalue weighted by atomic mass is 79.9. The minimum atomic E-state index is -0.293. The maximum atomic E-state index is 10.1. The monoisotopic (exact) mass is 300 g/mol. The summed E-state index contributed by atoms with van der Waals surface area (Å²) < 4.78 is 6.23. The van der Waals surface area contributed by atoms with Crippen molar-refractivity contribution >= 4 is 15.9 Å². The zero-order valence-corrected chi connectivity index (χ0v) is 12.3. The van der Waals surface area contributed by atoms with E-state index in [1.54, 1.807) is 7.11 Å². The van der Waals surface area contributed by atoms with Crippen LogP contribution >= 0.6 is 15.9 Å². The number of aliphatic hydroxyl groups is 1. The quantitative estimate of drug-likeness (QED) is 0.866. The van der Waals surface area contributed by atoms with Gasteiger partial charge in [-0.25, -0.2) is 0 Å². The van der Waals surface area contributed by atoms with Gasteiger partial charge in [-0.05, 0) is 42.5 Å². The summed E-state index contributed by atoms with van der Waals surface area (Å²) in [5.74, 6) is 1.16. The van der Waals surface area contributed by atoms with Crippen molar-refractivity contribution in [1.29, 1.82) is 0 Å². The maximum Gasteiger partial charge on any atom is 0.119 e. The lowest BCUT2D eigenvalue weighted by molar-refractivity contribution is 0.111. The highest BCUT2D eigenvalue weighted by Gasteiger charge is 2.15. The fraction of sp³-hybridized carbons (Fsp3) is 0.571. The third-order valence-corrected chi connectivity index (χ3v) is 3.86. The van der Waals surface area contributed by atoms with Crippen molar-refractivity contribution in [3.05, 3.63) is 28.2 Å². The summed E-state index contributed by atoms with van der Waals surface area (Å²) in [7, 11) is 1.66. The van der Waals surface area contributed by atoms with Gasteiger partial charge in [0.1, 0.15) is 5.75 Å². The molecule has 96 valence electrons. The molecule has 1 aromatic rings. The summed E-state index contributed by atoms with van der Waals surface area (Å²) in [4.78, 5) is 0. The first-order valence-corrected chi connectivity index (χ1v) is 6.88. The lowest BCUT2D eigenvalue weighted by atomic mass is 9.94. The highest BCUT2D eigenvalue weighted by Crippen LogP contribution is 2.25. The molecule has 2 atom stereocenters. The molecule has 0 heterocycles. The lowest BCUT2D eigenvalue weighted by Gasteiger charge is -2.19. The van der Waals surface area contributed by atoms with Crippen LogP contribution in [-0.4, -0.2) is 18.3 Å². The minimum absolute atomic E-state index is 0.293. The summed E-state index contributed by atoms with van der Waals surface area (Å²) in [5, 5.41) is 10.1. The highest BCUT2D eigenvalue weighted by molar-refractivity contribution is 9.10. The van der Waals surface area contributed by atoms with Crippen LogP contribution in [0.4, 0.5) is 0 Å². The first-order valence-electron chi connectivity index (χ1n) is 6.09. The topological polar surface area (TPSA) is 29.5 Å². The number of methoxy groups -OCH3 is 1. The zero-order chi connectivity index (χ0) is 12.8. The van der Waals surface area contributed by atoms with Crippen molar-refractivity contribution in [2.75, 3.05) is 7.11 Å². The average Bonchev–Trinajstić information content (AvgIpc) is 2.32. The van der Waals surface area contributed by atoms with Gasteiger partial charge in [0.05, 0.1) is 13.2 Å². The third-order valence-electron chi connectivity index (χ3n) is 3.08. The summed E-state index contributed by atoms with van der Waals surface area (Å²) >= 11 is 3.51. The Morgan fingerprint density at radius 3 is 2.71 bits per heavy atom. The van der Waals surface area contributed by atoms with Crippen LogP contribution < -0.4 is 4.74 Å². The van der Waals surface area contributed by atoms with Gasteiger partial charge in [0.25, 0.3) is 0 Å². The Bertz CT molecular complexity index is 352. The molecule has 2 nitrogen and oxygen atoms in total. The SMILES string of the molecule is CCCC(C)C(O)Cc1cc(OC)ccc1Br. The molecule has 2 unspecified atom stereocenters. The molecule has 0 fully saturated rings. The third kappa shape index (κ3) is 4.32. The molecule has 1 N–H and O–H groups in total. The number of aliphatic hydroxyl groups excluding tert-OH is 1. The lowest BCUT2D eigenvalue weighted by Crippen LogP contribution is -2.20. The molecule has 17 heavy (non-hydrogen) atoms. The van der Waals surface area contributed by atoms with Crippen LogP contribution in [0.2, 0.25) is 0 Å². The predicted molar refractivity (Wildman–Crippen MR) is 74.5 cm³/mol. The molecule has 1 rings (SSSR count). The standard InChI is InChI=1S/C14H21BrO2/c1-4-5-10(2)14(16)9-11-8-12(17-3)6-7-13(11)15/h6-8,10,14,16H,4-5,9H2,1-3H3. The molecule has 0 spiro atoms. The van der Waals surface area contributed by atoms with Gasteiger partial charge in [-0.3, -0.25) is 0 Å². The van der Waals surface area contributed by atoms with Gasteiger partial charge >= 0.3 is 0 Å². The number of ether oxygens (including phenoxy) is 1. The Hall–Kier alpha value is -0.540. The minimum Gasteiger partial charge on any atom is -0.497 e. The number of benzene rings is 1. The average molecular weight is 301 g/mol. The Morgan fingerprint density at radius 1 is 1.41 bits per heavy atom. The van der Waals surface area contributed by atoms with Gasteiger partial charge in [-0.1, -0.05) is 36.2 Å². The van der Waals surface area contributed by atoms with E-state index in [9.17, 15) is 5.11 Å². The van der Waals surface area contributed by atoms with Crippen LogP contribution in [0.5, 0.6) is 5.75 Å². The summed E-state index contributed by atoms with van der Waals surface area (Å²) in [6.45, 7) is 4.24. The number of hydrogen-bond donors (Lipinski definition) is 1. The Morgan fingerprint density at radius 2 is 2.12 bits per heavy atom. The van der Waals surface area contributed by atoms with E-state index in [4.69, 9.17) is 4.74 Å². The van der Waals surface area contributed by atoms with Crippen LogP contribution in [0.25, 0.3) is 0 Å². The van der Waals surface area contributed by atoms with E-state index in [-0.39, 0.29) is 6.10 Å². The Labute approximate surface area is 112 Å². The first kappa shape index (κ1) is 14.5. The first-order chi connectivity index (χ1) is 8.08. The van der Waals surface area contributed by atoms with Gasteiger partial charge in [-0.2, -0.15) is 0 Å². The number of halogens is 1. The van der Waals surface area contributed by atoms with Crippen LogP contribution in [0.15, 0.2) is 22.7 Å². The molecule has 0 radical (unpaired) electrons. The second kappa shape index (κ2) is 7.02. The molecule has 0 aromatic heterocycles. The molecule has 0 aliphatic heterocycles. The molecular weight excluding hydrogens is 280 g/mol. The second-order valence-electron chi connectivity index (χ2n) is 4.49. The largest absolute Gasteiger partial charge is 0.497 e. The van der Waals surface area contributed by atoms with E-state index in [0.717, 1.165) is 28.6 Å². The van der Waals surface area contributed by atoms with Crippen LogP contribution in [-0.2, 0) is 6.42 Å². The fourth-order valence-electron chi connectivity index (χ4n) is 1.91. The smallest absolute Gasteiger partial charge is 0.119 e. The van der Waals surface area contributed by atoms with E-state index in [2.05, 4.69) is 29.8 Å². The van der Waals surface area contributed by atoms with Crippen molar-refractivity contribution < 1.29 is 9.84 Å². The summed E-state index contributed by atoms with van der Waals surface area (Å²) in [6.07, 6.45) is 2.54. The van der Waals surface area contributed by atoms with Gasteiger partial charge in [0, 0.05) is 4.47 Å². The molecule has 0 aliphatic rings. The van der Waals surface area contributed by atoms with Crippen LogP contribution in [0.1, 0.15) is 32.3 Å². The van der Waals surface area contributed by atoms with Gasteiger partial charge < -0.3 is 9.84 Å². The van der Waals surface area contributed by atoms with E-state index in [0.29, 0.717) is 12.3 Å². The molecule has 0 saturated carbocycles. The molecule has 3 heteroatoms. The fourth-order valence-corrected chi connectivity index (χ4v) is 2.32. The zero-order valence-electron chi connectivity index (χ0n) is 10.7. The van der Waals surface area contributed by atoms with Crippen molar-refractivity contribution in [3.8, 4) is 5.75 Å². The maximum absolute atomic E-state index is 10.1. The van der Waals surface area contributed by atoms with Crippen LogP contribution in [0, 0.1) is 5.92 Å². The molecule has 0 saturated heterocycles. The Balaban J connectivity index is 2.73. The van der Waals surface area contributed by atoms with E-state index in [1.807, 2.05) is 18.2 Å². The molecule has 0 aliphatic carbocycles. The predicted octanol–water partition coefficient (Wildman–Crippen LogP) is 3.80. The second-order valence-corrected chi connectivity index (χ2v) is 5.35. The van der Waals surface area contributed by atoms with Gasteiger partial charge in [0.15, 0.2) is 0 Å². The van der Waals surface area contributed by atoms with E-state index >= 15 is 0 Å². The molecule has 0 bridgehead atoms. The van der Waals surface area contributed by atoms with Gasteiger partial charge in [-0.15, -0.1) is 0 Å². The molecule has 0 amide bonds. The number of rotatable bonds is 6. The number of hydrogen-bond acceptors (Lipinski definition) is 2. The van der Waals surface area contributed by atoms with Crippen molar-refractivity contribution in [2.45, 2.75) is 39.2 Å². The molecule has 1 aromatic carbocycles. The normalized spacial score (nSPS) is 14.4. The van der Waals surface area contributed by atoms with E-state index < -0.39 is 0 Å². The van der Waals surface area contributed by atoms with E-state index in [1.165, 1.54) is 0 Å². The summed E-state index contributed by atoms with van der Waals surface area (Å²) in [6, 6.07) is 5.85. The van der Waals surface area contributed by atoms with Crippen LogP contribution in [0.3, 0.4) is 0 Å². The summed E-state index contributed by atoms with van der Waals surface area (Å²) in [5.41, 5.74) is 1.10. The van der Waals surface area contributed by atoms with Crippen molar-refractivity contribution in [3.63, 3.8) is 0 Å². The Kier molecular flexibility index (Phi) is 6.00. The molecular formula is C14H21BrO2.